The van der Waals surface area contributed by atoms with E-state index in [9.17, 15) is 4.79 Å². The number of benzene rings is 1. The molecule has 1 atom stereocenters. The molecule has 5 nitrogen and oxygen atoms in total. The minimum atomic E-state index is -0.127. The SMILES string of the molecule is C=CCN1CCC(Sc2nnc(CCc3ccccc3)o2)C1=O. The van der Waals surface area contributed by atoms with Crippen LogP contribution in [0.2, 0.25) is 0 Å². The van der Waals surface area contributed by atoms with Gasteiger partial charge in [-0.05, 0) is 18.4 Å². The molecule has 6 heteroatoms. The number of carbonyl (C=O) groups excluding carboxylic acids is 1. The number of thioether (sulfide) groups is 1. The molecule has 1 unspecified atom stereocenters. The van der Waals surface area contributed by atoms with Crippen molar-refractivity contribution in [2.75, 3.05) is 13.1 Å². The van der Waals surface area contributed by atoms with Crippen LogP contribution in [0.25, 0.3) is 0 Å². The first kappa shape index (κ1) is 15.8. The van der Waals surface area contributed by atoms with Crippen LogP contribution < -0.4 is 0 Å². The lowest BCUT2D eigenvalue weighted by Gasteiger charge is -2.12. The van der Waals surface area contributed by atoms with Gasteiger partial charge in [-0.25, -0.2) is 0 Å². The van der Waals surface area contributed by atoms with Crippen LogP contribution in [0.3, 0.4) is 0 Å². The van der Waals surface area contributed by atoms with Crippen molar-refractivity contribution in [3.63, 3.8) is 0 Å². The Morgan fingerprint density at radius 2 is 2.13 bits per heavy atom. The van der Waals surface area contributed by atoms with Crippen LogP contribution in [0.15, 0.2) is 52.6 Å². The van der Waals surface area contributed by atoms with Crippen LogP contribution in [0, 0.1) is 0 Å². The average molecular weight is 329 g/mol. The second kappa shape index (κ2) is 7.46. The van der Waals surface area contributed by atoms with E-state index in [1.165, 1.54) is 17.3 Å². The molecule has 1 aliphatic heterocycles. The molecule has 0 aliphatic carbocycles. The zero-order valence-corrected chi connectivity index (χ0v) is 13.7. The van der Waals surface area contributed by atoms with Crippen LogP contribution in [0.5, 0.6) is 0 Å². The van der Waals surface area contributed by atoms with Crippen LogP contribution in [-0.4, -0.2) is 39.3 Å². The lowest BCUT2D eigenvalue weighted by Crippen LogP contribution is -2.28. The molecule has 0 spiro atoms. The molecule has 1 saturated heterocycles. The van der Waals surface area contributed by atoms with Crippen molar-refractivity contribution in [2.24, 2.45) is 0 Å². The number of carbonyl (C=O) groups is 1. The van der Waals surface area contributed by atoms with Crippen molar-refractivity contribution < 1.29 is 9.21 Å². The third kappa shape index (κ3) is 4.01. The Labute approximate surface area is 139 Å². The van der Waals surface area contributed by atoms with E-state index in [1.807, 2.05) is 18.2 Å². The quantitative estimate of drug-likeness (QED) is 0.731. The summed E-state index contributed by atoms with van der Waals surface area (Å²) >= 11 is 1.37. The summed E-state index contributed by atoms with van der Waals surface area (Å²) in [5.41, 5.74) is 1.24. The van der Waals surface area contributed by atoms with Gasteiger partial charge in [-0.1, -0.05) is 48.2 Å². The predicted molar refractivity (Wildman–Crippen MR) is 89.2 cm³/mol. The van der Waals surface area contributed by atoms with Gasteiger partial charge in [0, 0.05) is 19.5 Å². The summed E-state index contributed by atoms with van der Waals surface area (Å²) in [4.78, 5) is 14.0. The molecule has 0 N–H and O–H groups in total. The van der Waals surface area contributed by atoms with Crippen LogP contribution in [-0.2, 0) is 17.6 Å². The van der Waals surface area contributed by atoms with Gasteiger partial charge in [0.1, 0.15) is 0 Å². The third-order valence-corrected chi connectivity index (χ3v) is 4.85. The summed E-state index contributed by atoms with van der Waals surface area (Å²) in [6, 6.07) is 10.2. The molecule has 1 aromatic heterocycles. The maximum atomic E-state index is 12.2. The Morgan fingerprint density at radius 1 is 1.30 bits per heavy atom. The Balaban J connectivity index is 1.53. The van der Waals surface area contributed by atoms with Gasteiger partial charge in [-0.3, -0.25) is 4.79 Å². The van der Waals surface area contributed by atoms with Crippen molar-refractivity contribution in [1.29, 1.82) is 0 Å². The van der Waals surface area contributed by atoms with Crippen LogP contribution >= 0.6 is 11.8 Å². The fourth-order valence-electron chi connectivity index (χ4n) is 2.56. The average Bonchev–Trinajstić information content (AvgIpc) is 3.16. The lowest BCUT2D eigenvalue weighted by atomic mass is 10.1. The van der Waals surface area contributed by atoms with Gasteiger partial charge in [0.15, 0.2) is 0 Å². The summed E-state index contributed by atoms with van der Waals surface area (Å²) in [6.45, 7) is 5.04. The van der Waals surface area contributed by atoms with Gasteiger partial charge in [0.05, 0.1) is 5.25 Å². The first-order valence-electron chi connectivity index (χ1n) is 7.69. The Morgan fingerprint density at radius 3 is 2.91 bits per heavy atom. The molecule has 0 radical (unpaired) electrons. The molecule has 1 aromatic carbocycles. The molecule has 3 rings (SSSR count). The molecule has 120 valence electrons. The number of hydrogen-bond acceptors (Lipinski definition) is 5. The second-order valence-corrected chi connectivity index (χ2v) is 6.57. The van der Waals surface area contributed by atoms with E-state index in [2.05, 4.69) is 28.9 Å². The normalized spacial score (nSPS) is 17.7. The summed E-state index contributed by atoms with van der Waals surface area (Å²) < 4.78 is 5.66. The van der Waals surface area contributed by atoms with Crippen molar-refractivity contribution in [3.05, 3.63) is 54.4 Å². The van der Waals surface area contributed by atoms with E-state index in [0.717, 1.165) is 19.4 Å². The molecule has 1 amide bonds. The fraction of sp³-hybridized carbons (Fsp3) is 0.353. The van der Waals surface area contributed by atoms with Crippen LogP contribution in [0.1, 0.15) is 17.9 Å². The monoisotopic (exact) mass is 329 g/mol. The highest BCUT2D eigenvalue weighted by molar-refractivity contribution is 8.00. The van der Waals surface area contributed by atoms with E-state index in [4.69, 9.17) is 4.42 Å². The number of aromatic nitrogens is 2. The standard InChI is InChI=1S/C17H19N3O2S/c1-2-11-20-12-10-14(16(20)21)23-17-19-18-15(22-17)9-8-13-6-4-3-5-7-13/h2-7,14H,1,8-12H2. The number of likely N-dealkylation sites (tertiary alicyclic amines) is 1. The Hall–Kier alpha value is -2.08. The van der Waals surface area contributed by atoms with Crippen molar-refractivity contribution in [1.82, 2.24) is 15.1 Å². The van der Waals surface area contributed by atoms with Gasteiger partial charge >= 0.3 is 0 Å². The van der Waals surface area contributed by atoms with Gasteiger partial charge in [0.2, 0.25) is 11.8 Å². The van der Waals surface area contributed by atoms with E-state index in [-0.39, 0.29) is 11.2 Å². The van der Waals surface area contributed by atoms with E-state index in [1.54, 1.807) is 11.0 Å². The minimum Gasteiger partial charge on any atom is -0.416 e. The van der Waals surface area contributed by atoms with Gasteiger partial charge in [-0.15, -0.1) is 16.8 Å². The first-order valence-corrected chi connectivity index (χ1v) is 8.57. The molecule has 2 aromatic rings. The molecule has 1 fully saturated rings. The highest BCUT2D eigenvalue weighted by Crippen LogP contribution is 2.29. The zero-order valence-electron chi connectivity index (χ0n) is 12.9. The molecule has 0 saturated carbocycles. The van der Waals surface area contributed by atoms with Crippen molar-refractivity contribution in [2.45, 2.75) is 29.7 Å². The van der Waals surface area contributed by atoms with Gasteiger partial charge in [0.25, 0.3) is 5.22 Å². The molecule has 1 aliphatic rings. The smallest absolute Gasteiger partial charge is 0.277 e. The second-order valence-electron chi connectivity index (χ2n) is 5.42. The van der Waals surface area contributed by atoms with Crippen molar-refractivity contribution >= 4 is 17.7 Å². The molecule has 2 heterocycles. The number of hydrogen-bond donors (Lipinski definition) is 0. The van der Waals surface area contributed by atoms with Crippen molar-refractivity contribution in [3.8, 4) is 0 Å². The highest BCUT2D eigenvalue weighted by Gasteiger charge is 2.33. The number of nitrogens with zero attached hydrogens (tertiary/aromatic N) is 3. The predicted octanol–water partition coefficient (Wildman–Crippen LogP) is 2.73. The first-order chi connectivity index (χ1) is 11.3. The third-order valence-electron chi connectivity index (χ3n) is 3.76. The topological polar surface area (TPSA) is 59.2 Å². The number of rotatable bonds is 7. The fourth-order valence-corrected chi connectivity index (χ4v) is 3.51. The van der Waals surface area contributed by atoms with Crippen LogP contribution in [0.4, 0.5) is 0 Å². The zero-order chi connectivity index (χ0) is 16.1. The maximum absolute atomic E-state index is 12.2. The Kier molecular flexibility index (Phi) is 5.12. The molecular formula is C17H19N3O2S. The summed E-state index contributed by atoms with van der Waals surface area (Å²) in [5, 5.41) is 8.48. The maximum Gasteiger partial charge on any atom is 0.277 e. The number of aryl methyl sites for hydroxylation is 2. The van der Waals surface area contributed by atoms with E-state index >= 15 is 0 Å². The lowest BCUT2D eigenvalue weighted by molar-refractivity contribution is -0.126. The summed E-state index contributed by atoms with van der Waals surface area (Å²) in [6.07, 6.45) is 4.12. The highest BCUT2D eigenvalue weighted by atomic mass is 32.2. The van der Waals surface area contributed by atoms with Gasteiger partial charge < -0.3 is 9.32 Å². The van der Waals surface area contributed by atoms with E-state index < -0.39 is 0 Å². The molecular weight excluding hydrogens is 310 g/mol. The summed E-state index contributed by atoms with van der Waals surface area (Å²) in [5.74, 6) is 0.740. The van der Waals surface area contributed by atoms with E-state index in [0.29, 0.717) is 24.1 Å². The largest absolute Gasteiger partial charge is 0.416 e. The minimum absolute atomic E-state index is 0.124. The molecule has 23 heavy (non-hydrogen) atoms. The number of amides is 1. The molecule has 0 bridgehead atoms. The summed E-state index contributed by atoms with van der Waals surface area (Å²) in [7, 11) is 0. The van der Waals surface area contributed by atoms with Gasteiger partial charge in [-0.2, -0.15) is 0 Å². The Bertz CT molecular complexity index is 671.